The number of nitrogen functional groups attached to an aromatic ring is 1. The molecule has 0 bridgehead atoms. The summed E-state index contributed by atoms with van der Waals surface area (Å²) >= 11 is 0.973. The van der Waals surface area contributed by atoms with Gasteiger partial charge in [0.05, 0.1) is 12.2 Å². The summed E-state index contributed by atoms with van der Waals surface area (Å²) in [5, 5.41) is 9.34. The summed E-state index contributed by atoms with van der Waals surface area (Å²) in [6.07, 6.45) is 1.94. The largest absolute Gasteiger partial charge is 0.462 e. The molecule has 0 saturated carbocycles. The number of ether oxygens (including phenoxy) is 2. The van der Waals surface area contributed by atoms with E-state index in [1.807, 2.05) is 13.0 Å². The monoisotopic (exact) mass is 310 g/mol. The number of carbonyl (C=O) groups is 2. The number of hydrogen-bond acceptors (Lipinski definition) is 7. The molecular weight excluding hydrogens is 292 g/mol. The molecule has 0 atom stereocenters. The van der Waals surface area contributed by atoms with Crippen LogP contribution in [0.5, 0.6) is 0 Å². The third-order valence-electron chi connectivity index (χ3n) is 2.72. The SMILES string of the molecule is CCCCC(=O)OCc1c(C(=O)OCC)sc(N)c1C#N. The van der Waals surface area contributed by atoms with Crippen molar-refractivity contribution in [3.8, 4) is 6.07 Å². The van der Waals surface area contributed by atoms with Crippen LogP contribution < -0.4 is 5.73 Å². The average molecular weight is 310 g/mol. The molecule has 0 aromatic carbocycles. The highest BCUT2D eigenvalue weighted by atomic mass is 32.1. The Hall–Kier alpha value is -2.07. The van der Waals surface area contributed by atoms with E-state index in [0.29, 0.717) is 12.0 Å². The second kappa shape index (κ2) is 8.27. The van der Waals surface area contributed by atoms with E-state index in [2.05, 4.69) is 0 Å². The molecular formula is C14H18N2O4S. The predicted molar refractivity (Wildman–Crippen MR) is 78.7 cm³/mol. The summed E-state index contributed by atoms with van der Waals surface area (Å²) in [6, 6.07) is 1.93. The number of esters is 2. The topological polar surface area (TPSA) is 102 Å². The highest BCUT2D eigenvalue weighted by Gasteiger charge is 2.23. The summed E-state index contributed by atoms with van der Waals surface area (Å²) in [5.74, 6) is -0.921. The van der Waals surface area contributed by atoms with Gasteiger partial charge in [0, 0.05) is 12.0 Å². The summed E-state index contributed by atoms with van der Waals surface area (Å²) in [6.45, 7) is 3.73. The van der Waals surface area contributed by atoms with Crippen molar-refractivity contribution < 1.29 is 19.1 Å². The molecule has 114 valence electrons. The molecule has 0 aliphatic carbocycles. The van der Waals surface area contributed by atoms with Gasteiger partial charge in [0.15, 0.2) is 0 Å². The zero-order valence-electron chi connectivity index (χ0n) is 12.1. The number of nitriles is 1. The maximum atomic E-state index is 11.8. The van der Waals surface area contributed by atoms with Crippen molar-refractivity contribution in [1.29, 1.82) is 5.26 Å². The van der Waals surface area contributed by atoms with Crippen LogP contribution in [0.1, 0.15) is 53.9 Å². The van der Waals surface area contributed by atoms with E-state index in [4.69, 9.17) is 20.5 Å². The van der Waals surface area contributed by atoms with Crippen molar-refractivity contribution in [3.05, 3.63) is 16.0 Å². The highest BCUT2D eigenvalue weighted by molar-refractivity contribution is 7.18. The van der Waals surface area contributed by atoms with E-state index in [9.17, 15) is 9.59 Å². The summed E-state index contributed by atoms with van der Waals surface area (Å²) in [7, 11) is 0. The van der Waals surface area contributed by atoms with Crippen molar-refractivity contribution in [3.63, 3.8) is 0 Å². The molecule has 0 amide bonds. The Kier molecular flexibility index (Phi) is 6.69. The maximum absolute atomic E-state index is 11.8. The van der Waals surface area contributed by atoms with Gasteiger partial charge in [0.25, 0.3) is 0 Å². The molecule has 0 aliphatic rings. The van der Waals surface area contributed by atoms with Gasteiger partial charge in [-0.05, 0) is 13.3 Å². The fraction of sp³-hybridized carbons (Fsp3) is 0.500. The van der Waals surface area contributed by atoms with Crippen LogP contribution >= 0.6 is 11.3 Å². The number of hydrogen-bond donors (Lipinski definition) is 1. The summed E-state index contributed by atoms with van der Waals surface area (Å²) < 4.78 is 10.0. The van der Waals surface area contributed by atoms with Crippen LogP contribution in [-0.2, 0) is 20.9 Å². The highest BCUT2D eigenvalue weighted by Crippen LogP contribution is 2.31. The van der Waals surface area contributed by atoms with E-state index in [1.165, 1.54) is 0 Å². The minimum atomic E-state index is -0.560. The quantitative estimate of drug-likeness (QED) is 0.776. The van der Waals surface area contributed by atoms with Gasteiger partial charge in [-0.1, -0.05) is 13.3 Å². The van der Waals surface area contributed by atoms with Gasteiger partial charge in [-0.15, -0.1) is 11.3 Å². The summed E-state index contributed by atoms with van der Waals surface area (Å²) in [4.78, 5) is 23.6. The minimum Gasteiger partial charge on any atom is -0.462 e. The molecule has 1 rings (SSSR count). The lowest BCUT2D eigenvalue weighted by atomic mass is 10.1. The number of thiophene rings is 1. The number of rotatable bonds is 7. The van der Waals surface area contributed by atoms with Crippen LogP contribution in [0.2, 0.25) is 0 Å². The van der Waals surface area contributed by atoms with Gasteiger partial charge >= 0.3 is 11.9 Å². The Labute approximate surface area is 127 Å². The lowest BCUT2D eigenvalue weighted by Crippen LogP contribution is -2.09. The molecule has 0 saturated heterocycles. The van der Waals surface area contributed by atoms with Crippen LogP contribution in [0.4, 0.5) is 5.00 Å². The van der Waals surface area contributed by atoms with Crippen LogP contribution in [0, 0.1) is 11.3 Å². The number of nitrogens with zero attached hydrogens (tertiary/aromatic N) is 1. The molecule has 0 unspecified atom stereocenters. The third kappa shape index (κ3) is 4.46. The fourth-order valence-corrected chi connectivity index (χ4v) is 2.57. The number of anilines is 1. The van der Waals surface area contributed by atoms with E-state index in [0.717, 1.165) is 24.2 Å². The Morgan fingerprint density at radius 3 is 2.62 bits per heavy atom. The third-order valence-corrected chi connectivity index (χ3v) is 3.76. The van der Waals surface area contributed by atoms with Gasteiger partial charge in [-0.3, -0.25) is 4.79 Å². The Morgan fingerprint density at radius 1 is 1.33 bits per heavy atom. The lowest BCUT2D eigenvalue weighted by molar-refractivity contribution is -0.145. The molecule has 0 aliphatic heterocycles. The van der Waals surface area contributed by atoms with Crippen LogP contribution in [0.3, 0.4) is 0 Å². The van der Waals surface area contributed by atoms with Crippen LogP contribution in [0.25, 0.3) is 0 Å². The van der Waals surface area contributed by atoms with E-state index >= 15 is 0 Å². The molecule has 0 spiro atoms. The van der Waals surface area contributed by atoms with E-state index in [-0.39, 0.29) is 34.6 Å². The van der Waals surface area contributed by atoms with Gasteiger partial charge < -0.3 is 15.2 Å². The van der Waals surface area contributed by atoms with Crippen molar-refractivity contribution in [2.24, 2.45) is 0 Å². The van der Waals surface area contributed by atoms with E-state index in [1.54, 1.807) is 6.92 Å². The zero-order valence-corrected chi connectivity index (χ0v) is 12.9. The fourth-order valence-electron chi connectivity index (χ4n) is 1.65. The Morgan fingerprint density at radius 2 is 2.05 bits per heavy atom. The normalized spacial score (nSPS) is 9.95. The first-order chi connectivity index (χ1) is 10.0. The molecule has 2 N–H and O–H groups in total. The average Bonchev–Trinajstić information content (AvgIpc) is 2.79. The standard InChI is InChI=1S/C14H18N2O4S/c1-3-5-6-11(17)20-8-10-9(7-15)13(16)21-12(10)14(18)19-4-2/h3-6,8,16H2,1-2H3. The smallest absolute Gasteiger partial charge is 0.348 e. The predicted octanol–water partition coefficient (Wildman–Crippen LogP) is 2.61. The first kappa shape index (κ1) is 17.0. The number of nitrogens with two attached hydrogens (primary N) is 1. The van der Waals surface area contributed by atoms with E-state index < -0.39 is 5.97 Å². The van der Waals surface area contributed by atoms with Gasteiger partial charge in [0.1, 0.15) is 22.6 Å². The van der Waals surface area contributed by atoms with Crippen LogP contribution in [-0.4, -0.2) is 18.5 Å². The zero-order chi connectivity index (χ0) is 15.8. The number of carbonyl (C=O) groups excluding carboxylic acids is 2. The first-order valence-corrected chi connectivity index (χ1v) is 7.50. The molecule has 0 fully saturated rings. The lowest BCUT2D eigenvalue weighted by Gasteiger charge is -2.06. The van der Waals surface area contributed by atoms with Gasteiger partial charge in [0.2, 0.25) is 0 Å². The van der Waals surface area contributed by atoms with Gasteiger partial charge in [-0.25, -0.2) is 4.79 Å². The van der Waals surface area contributed by atoms with Gasteiger partial charge in [-0.2, -0.15) is 5.26 Å². The minimum absolute atomic E-state index is 0.146. The molecule has 0 radical (unpaired) electrons. The Bertz CT molecular complexity index is 560. The number of unbranched alkanes of at least 4 members (excludes halogenated alkanes) is 1. The maximum Gasteiger partial charge on any atom is 0.348 e. The summed E-state index contributed by atoms with van der Waals surface area (Å²) in [5.41, 5.74) is 6.22. The van der Waals surface area contributed by atoms with Crippen molar-refractivity contribution in [2.75, 3.05) is 12.3 Å². The second-order valence-corrected chi connectivity index (χ2v) is 5.30. The van der Waals surface area contributed by atoms with Crippen molar-refractivity contribution in [2.45, 2.75) is 39.7 Å². The first-order valence-electron chi connectivity index (χ1n) is 6.69. The molecule has 21 heavy (non-hydrogen) atoms. The molecule has 1 aromatic rings. The van der Waals surface area contributed by atoms with Crippen molar-refractivity contribution in [1.82, 2.24) is 0 Å². The second-order valence-electron chi connectivity index (χ2n) is 4.25. The van der Waals surface area contributed by atoms with Crippen molar-refractivity contribution >= 4 is 28.3 Å². The molecule has 1 heterocycles. The molecule has 7 heteroatoms. The molecule has 6 nitrogen and oxygen atoms in total. The van der Waals surface area contributed by atoms with Crippen LogP contribution in [0.15, 0.2) is 0 Å². The molecule has 1 aromatic heterocycles. The Balaban J connectivity index is 2.91.